The van der Waals surface area contributed by atoms with Crippen LogP contribution in [-0.4, -0.2) is 18.4 Å². The van der Waals surface area contributed by atoms with E-state index in [1.807, 2.05) is 6.07 Å². The van der Waals surface area contributed by atoms with E-state index in [-0.39, 0.29) is 10.6 Å². The molecule has 0 unspecified atom stereocenters. The minimum absolute atomic E-state index is 0.221. The normalized spacial score (nSPS) is 11.0. The highest BCUT2D eigenvalue weighted by atomic mass is 32.2. The van der Waals surface area contributed by atoms with Gasteiger partial charge in [-0.05, 0) is 36.4 Å². The van der Waals surface area contributed by atoms with Gasteiger partial charge in [0.2, 0.25) is 0 Å². The van der Waals surface area contributed by atoms with Gasteiger partial charge in [0.25, 0.3) is 10.0 Å². The number of benzene rings is 3. The van der Waals surface area contributed by atoms with Crippen molar-refractivity contribution >= 4 is 21.4 Å². The first kappa shape index (κ1) is 18.2. The Morgan fingerprint density at radius 3 is 2.33 bits per heavy atom. The van der Waals surface area contributed by atoms with Gasteiger partial charge in [0.05, 0.1) is 15.5 Å². The van der Waals surface area contributed by atoms with Crippen LogP contribution in [0.25, 0.3) is 0 Å². The van der Waals surface area contributed by atoms with Crippen LogP contribution in [0.3, 0.4) is 0 Å². The molecule has 0 saturated heterocycles. The van der Waals surface area contributed by atoms with Crippen molar-refractivity contribution < 1.29 is 23.2 Å². The summed E-state index contributed by atoms with van der Waals surface area (Å²) >= 11 is 0. The highest BCUT2D eigenvalue weighted by Gasteiger charge is 2.21. The Labute approximate surface area is 154 Å². The van der Waals surface area contributed by atoms with Crippen molar-refractivity contribution in [3.8, 4) is 17.2 Å². The monoisotopic (exact) mass is 386 g/mol. The molecule has 138 valence electrons. The summed E-state index contributed by atoms with van der Waals surface area (Å²) in [6, 6.07) is 18.1. The van der Waals surface area contributed by atoms with E-state index in [1.54, 1.807) is 36.4 Å². The number of nitrogens with zero attached hydrogens (tertiary/aromatic N) is 1. The molecule has 0 aliphatic rings. The lowest BCUT2D eigenvalue weighted by Gasteiger charge is -2.10. The number of nitro benzene ring substituents is 1. The van der Waals surface area contributed by atoms with Gasteiger partial charge in [0.15, 0.2) is 5.75 Å². The average molecular weight is 386 g/mol. The van der Waals surface area contributed by atoms with Crippen LogP contribution in [0.15, 0.2) is 77.7 Å². The summed E-state index contributed by atoms with van der Waals surface area (Å²) in [6.07, 6.45) is 0. The molecule has 0 heterocycles. The number of phenols is 1. The van der Waals surface area contributed by atoms with Crippen molar-refractivity contribution in [1.82, 2.24) is 0 Å². The summed E-state index contributed by atoms with van der Waals surface area (Å²) in [5.41, 5.74) is -0.474. The van der Waals surface area contributed by atoms with E-state index < -0.39 is 26.4 Å². The van der Waals surface area contributed by atoms with Crippen molar-refractivity contribution in [3.63, 3.8) is 0 Å². The molecular formula is C18H14N2O6S. The lowest BCUT2D eigenvalue weighted by Crippen LogP contribution is -2.13. The van der Waals surface area contributed by atoms with Gasteiger partial charge in [-0.2, -0.15) is 0 Å². The summed E-state index contributed by atoms with van der Waals surface area (Å²) in [4.78, 5) is 9.69. The van der Waals surface area contributed by atoms with E-state index in [4.69, 9.17) is 4.74 Å². The van der Waals surface area contributed by atoms with Crippen LogP contribution in [0.2, 0.25) is 0 Å². The molecule has 2 N–H and O–H groups in total. The number of ether oxygens (including phenoxy) is 1. The van der Waals surface area contributed by atoms with Crippen LogP contribution in [0.4, 0.5) is 11.4 Å². The van der Waals surface area contributed by atoms with Crippen LogP contribution < -0.4 is 9.46 Å². The lowest BCUT2D eigenvalue weighted by atomic mass is 10.3. The molecule has 8 nitrogen and oxygen atoms in total. The van der Waals surface area contributed by atoms with E-state index in [9.17, 15) is 23.6 Å². The van der Waals surface area contributed by atoms with Crippen molar-refractivity contribution in [2.24, 2.45) is 0 Å². The predicted molar refractivity (Wildman–Crippen MR) is 98.5 cm³/mol. The molecule has 0 saturated carbocycles. The van der Waals surface area contributed by atoms with E-state index in [0.29, 0.717) is 11.5 Å². The molecule has 0 radical (unpaired) electrons. The fourth-order valence-electron chi connectivity index (χ4n) is 2.28. The number of para-hydroxylation sites is 1. The van der Waals surface area contributed by atoms with Gasteiger partial charge in [-0.25, -0.2) is 8.42 Å². The number of sulfonamides is 1. The van der Waals surface area contributed by atoms with Gasteiger partial charge in [-0.1, -0.05) is 24.3 Å². The number of hydrogen-bond donors (Lipinski definition) is 2. The Balaban J connectivity index is 1.85. The highest BCUT2D eigenvalue weighted by Crippen LogP contribution is 2.30. The maximum Gasteiger partial charge on any atom is 0.312 e. The predicted octanol–water partition coefficient (Wildman–Crippen LogP) is 3.89. The Morgan fingerprint density at radius 2 is 1.63 bits per heavy atom. The SMILES string of the molecule is O=[N+]([O-])c1cc(S(=O)(=O)Nc2cccc(Oc3ccccc3)c2)ccc1O. The number of phenolic OH excluding ortho intramolecular Hbond substituents is 1. The van der Waals surface area contributed by atoms with Crippen molar-refractivity contribution in [2.45, 2.75) is 4.90 Å². The van der Waals surface area contributed by atoms with Crippen molar-refractivity contribution in [3.05, 3.63) is 82.9 Å². The van der Waals surface area contributed by atoms with Crippen molar-refractivity contribution in [1.29, 1.82) is 0 Å². The molecule has 0 aromatic heterocycles. The molecule has 0 fully saturated rings. The van der Waals surface area contributed by atoms with E-state index in [1.165, 1.54) is 12.1 Å². The first-order valence-electron chi connectivity index (χ1n) is 7.68. The summed E-state index contributed by atoms with van der Waals surface area (Å²) in [5.74, 6) is 0.391. The number of rotatable bonds is 6. The van der Waals surface area contributed by atoms with E-state index in [2.05, 4.69) is 4.72 Å². The quantitative estimate of drug-likeness (QED) is 0.490. The second-order valence-corrected chi connectivity index (χ2v) is 7.14. The summed E-state index contributed by atoms with van der Waals surface area (Å²) in [7, 11) is -4.10. The van der Waals surface area contributed by atoms with E-state index >= 15 is 0 Å². The second-order valence-electron chi connectivity index (χ2n) is 5.46. The highest BCUT2D eigenvalue weighted by molar-refractivity contribution is 7.92. The molecule has 3 aromatic carbocycles. The standard InChI is InChI=1S/C18H14N2O6S/c21-18-10-9-16(12-17(18)20(22)23)27(24,25)19-13-5-4-8-15(11-13)26-14-6-2-1-3-7-14/h1-12,19,21H. The molecule has 3 rings (SSSR count). The minimum atomic E-state index is -4.10. The Hall–Kier alpha value is -3.59. The van der Waals surface area contributed by atoms with Crippen LogP contribution in [0.1, 0.15) is 0 Å². The molecule has 0 aliphatic heterocycles. The average Bonchev–Trinajstić information content (AvgIpc) is 2.62. The van der Waals surface area contributed by atoms with Gasteiger partial charge >= 0.3 is 5.69 Å². The zero-order valence-corrected chi connectivity index (χ0v) is 14.6. The summed E-state index contributed by atoms with van der Waals surface area (Å²) in [6.45, 7) is 0. The molecule has 0 spiro atoms. The van der Waals surface area contributed by atoms with Crippen LogP contribution in [0.5, 0.6) is 17.2 Å². The number of nitro groups is 1. The zero-order valence-electron chi connectivity index (χ0n) is 13.8. The number of nitrogens with one attached hydrogen (secondary N) is 1. The molecule has 27 heavy (non-hydrogen) atoms. The van der Waals surface area contributed by atoms with Gasteiger partial charge in [0.1, 0.15) is 11.5 Å². The molecule has 0 atom stereocenters. The molecule has 0 bridgehead atoms. The third-order valence-corrected chi connectivity index (χ3v) is 4.90. The fraction of sp³-hybridized carbons (Fsp3) is 0. The molecule has 0 aliphatic carbocycles. The Kier molecular flexibility index (Phi) is 4.95. The van der Waals surface area contributed by atoms with Crippen LogP contribution in [-0.2, 0) is 10.0 Å². The maximum absolute atomic E-state index is 12.5. The van der Waals surface area contributed by atoms with Crippen LogP contribution in [0, 0.1) is 10.1 Å². The minimum Gasteiger partial charge on any atom is -0.502 e. The molecular weight excluding hydrogens is 372 g/mol. The third-order valence-electron chi connectivity index (χ3n) is 3.52. The number of hydrogen-bond acceptors (Lipinski definition) is 6. The second kappa shape index (κ2) is 7.34. The molecule has 3 aromatic rings. The van der Waals surface area contributed by atoms with Gasteiger partial charge in [-0.15, -0.1) is 0 Å². The molecule has 0 amide bonds. The third kappa shape index (κ3) is 4.33. The number of anilines is 1. The maximum atomic E-state index is 12.5. The van der Waals surface area contributed by atoms with Crippen LogP contribution >= 0.6 is 0 Å². The zero-order chi connectivity index (χ0) is 19.4. The lowest BCUT2D eigenvalue weighted by molar-refractivity contribution is -0.386. The van der Waals surface area contributed by atoms with Crippen molar-refractivity contribution in [2.75, 3.05) is 4.72 Å². The number of aromatic hydroxyl groups is 1. The van der Waals surface area contributed by atoms with Gasteiger partial charge in [0, 0.05) is 12.1 Å². The molecule has 9 heteroatoms. The summed E-state index contributed by atoms with van der Waals surface area (Å²) < 4.78 is 33.0. The first-order chi connectivity index (χ1) is 12.8. The largest absolute Gasteiger partial charge is 0.502 e. The fourth-order valence-corrected chi connectivity index (χ4v) is 3.35. The topological polar surface area (TPSA) is 119 Å². The Morgan fingerprint density at radius 1 is 0.926 bits per heavy atom. The van der Waals surface area contributed by atoms with Gasteiger partial charge in [-0.3, -0.25) is 14.8 Å². The smallest absolute Gasteiger partial charge is 0.312 e. The Bertz CT molecular complexity index is 1080. The van der Waals surface area contributed by atoms with E-state index in [0.717, 1.165) is 18.2 Å². The first-order valence-corrected chi connectivity index (χ1v) is 9.17. The summed E-state index contributed by atoms with van der Waals surface area (Å²) in [5, 5.41) is 20.4. The van der Waals surface area contributed by atoms with Gasteiger partial charge < -0.3 is 9.84 Å².